The van der Waals surface area contributed by atoms with Crippen LogP contribution in [0.1, 0.15) is 23.2 Å². The molecular formula is C28H29FN4O3. The maximum absolute atomic E-state index is 15.7. The SMILES string of the molecule is COc1ccccc1-c1c[nH]c2ncc(-c3cc(F)c(N4CCC(O)CC4)c(C(=O)N(C)C)c3)cc12. The van der Waals surface area contributed by atoms with Crippen LogP contribution in [0.3, 0.4) is 0 Å². The summed E-state index contributed by atoms with van der Waals surface area (Å²) in [4.78, 5) is 24.2. The number of nitrogens with zero attached hydrogens (tertiary/aromatic N) is 3. The van der Waals surface area contributed by atoms with Crippen LogP contribution in [-0.4, -0.2) is 66.3 Å². The summed E-state index contributed by atoms with van der Waals surface area (Å²) in [6.45, 7) is 0.981. The summed E-state index contributed by atoms with van der Waals surface area (Å²) < 4.78 is 21.2. The highest BCUT2D eigenvalue weighted by Crippen LogP contribution is 2.37. The molecule has 2 N–H and O–H groups in total. The summed E-state index contributed by atoms with van der Waals surface area (Å²) in [5.74, 6) is 0.000174. The van der Waals surface area contributed by atoms with Gasteiger partial charge in [-0.15, -0.1) is 0 Å². The molecule has 2 aromatic carbocycles. The van der Waals surface area contributed by atoms with Gasteiger partial charge in [0.2, 0.25) is 0 Å². The molecule has 7 nitrogen and oxygen atoms in total. The van der Waals surface area contributed by atoms with Crippen molar-refractivity contribution < 1.29 is 19.0 Å². The molecule has 0 spiro atoms. The van der Waals surface area contributed by atoms with Crippen molar-refractivity contribution in [1.82, 2.24) is 14.9 Å². The Hall–Kier alpha value is -3.91. The Morgan fingerprint density at radius 2 is 1.89 bits per heavy atom. The minimum absolute atomic E-state index is 0.276. The maximum atomic E-state index is 15.7. The summed E-state index contributed by atoms with van der Waals surface area (Å²) in [6.07, 6.45) is 4.25. The number of aliphatic hydroxyl groups excluding tert-OH is 1. The fraction of sp³-hybridized carbons (Fsp3) is 0.286. The van der Waals surface area contributed by atoms with Crippen LogP contribution in [0.4, 0.5) is 10.1 Å². The number of benzene rings is 2. The maximum Gasteiger partial charge on any atom is 0.255 e. The summed E-state index contributed by atoms with van der Waals surface area (Å²) >= 11 is 0. The number of anilines is 1. The third-order valence-electron chi connectivity index (χ3n) is 6.74. The van der Waals surface area contributed by atoms with E-state index in [1.165, 1.54) is 11.0 Å². The fourth-order valence-electron chi connectivity index (χ4n) is 4.83. The molecule has 0 radical (unpaired) electrons. The smallest absolute Gasteiger partial charge is 0.255 e. The third-order valence-corrected chi connectivity index (χ3v) is 6.74. The first-order chi connectivity index (χ1) is 17.4. The topological polar surface area (TPSA) is 81.7 Å². The van der Waals surface area contributed by atoms with E-state index < -0.39 is 11.9 Å². The molecule has 2 aromatic heterocycles. The molecule has 5 rings (SSSR count). The lowest BCUT2D eigenvalue weighted by molar-refractivity contribution is 0.0827. The van der Waals surface area contributed by atoms with Gasteiger partial charge >= 0.3 is 0 Å². The van der Waals surface area contributed by atoms with Crippen LogP contribution < -0.4 is 9.64 Å². The van der Waals surface area contributed by atoms with Gasteiger partial charge in [-0.05, 0) is 42.7 Å². The summed E-state index contributed by atoms with van der Waals surface area (Å²) in [5.41, 5.74) is 4.40. The molecule has 0 aliphatic carbocycles. The van der Waals surface area contributed by atoms with E-state index in [0.29, 0.717) is 48.3 Å². The standard InChI is InChI=1S/C28H29FN4O3/c1-32(2)28(35)22-12-17(14-24(29)26(22)33-10-8-19(34)9-11-33)18-13-21-23(16-31-27(21)30-15-18)20-6-4-5-7-25(20)36-3/h4-7,12-16,19,34H,8-11H2,1-3H3,(H,30,31). The van der Waals surface area contributed by atoms with Crippen molar-refractivity contribution in [1.29, 1.82) is 0 Å². The van der Waals surface area contributed by atoms with Crippen LogP contribution in [0.2, 0.25) is 0 Å². The van der Waals surface area contributed by atoms with Gasteiger partial charge in [-0.1, -0.05) is 18.2 Å². The van der Waals surface area contributed by atoms with Gasteiger partial charge in [0.1, 0.15) is 17.2 Å². The van der Waals surface area contributed by atoms with Gasteiger partial charge in [-0.2, -0.15) is 0 Å². The lowest BCUT2D eigenvalue weighted by Gasteiger charge is -2.33. The van der Waals surface area contributed by atoms with Crippen LogP contribution in [0.25, 0.3) is 33.3 Å². The van der Waals surface area contributed by atoms with E-state index in [9.17, 15) is 9.90 Å². The molecule has 4 aromatic rings. The van der Waals surface area contributed by atoms with E-state index in [1.54, 1.807) is 33.5 Å². The Labute approximate surface area is 209 Å². The van der Waals surface area contributed by atoms with E-state index in [1.807, 2.05) is 41.4 Å². The second-order valence-electron chi connectivity index (χ2n) is 9.29. The molecule has 186 valence electrons. The number of methoxy groups -OCH3 is 1. The fourth-order valence-corrected chi connectivity index (χ4v) is 4.83. The number of aliphatic hydroxyl groups is 1. The Morgan fingerprint density at radius 1 is 1.14 bits per heavy atom. The zero-order chi connectivity index (χ0) is 25.4. The highest BCUT2D eigenvalue weighted by molar-refractivity contribution is 6.02. The van der Waals surface area contributed by atoms with Crippen molar-refractivity contribution in [3.8, 4) is 28.0 Å². The monoisotopic (exact) mass is 488 g/mol. The van der Waals surface area contributed by atoms with Crippen molar-refractivity contribution in [3.63, 3.8) is 0 Å². The first-order valence-corrected chi connectivity index (χ1v) is 12.0. The number of piperidine rings is 1. The number of carbonyl (C=O) groups is 1. The Bertz CT molecular complexity index is 1420. The largest absolute Gasteiger partial charge is 0.496 e. The average molecular weight is 489 g/mol. The molecule has 0 saturated carbocycles. The lowest BCUT2D eigenvalue weighted by Crippen LogP contribution is -2.38. The number of hydrogen-bond acceptors (Lipinski definition) is 5. The number of nitrogens with one attached hydrogen (secondary N) is 1. The van der Waals surface area contributed by atoms with Crippen molar-refractivity contribution in [2.75, 3.05) is 39.2 Å². The predicted octanol–water partition coefficient (Wildman–Crippen LogP) is 4.71. The number of amides is 1. The van der Waals surface area contributed by atoms with Crippen molar-refractivity contribution in [3.05, 3.63) is 66.2 Å². The van der Waals surface area contributed by atoms with Crippen LogP contribution in [0.5, 0.6) is 5.75 Å². The van der Waals surface area contributed by atoms with Gasteiger partial charge in [-0.3, -0.25) is 4.79 Å². The van der Waals surface area contributed by atoms with Crippen molar-refractivity contribution >= 4 is 22.6 Å². The number of aromatic nitrogens is 2. The molecule has 8 heteroatoms. The number of ether oxygens (including phenoxy) is 1. The molecule has 0 atom stereocenters. The van der Waals surface area contributed by atoms with Gasteiger partial charge in [0.05, 0.1) is 24.5 Å². The molecular weight excluding hydrogens is 459 g/mol. The minimum atomic E-state index is -0.465. The highest BCUT2D eigenvalue weighted by atomic mass is 19.1. The number of pyridine rings is 1. The zero-order valence-corrected chi connectivity index (χ0v) is 20.6. The minimum Gasteiger partial charge on any atom is -0.496 e. The van der Waals surface area contributed by atoms with E-state index in [2.05, 4.69) is 9.97 Å². The number of halogens is 1. The number of aromatic amines is 1. The molecule has 0 unspecified atom stereocenters. The number of fused-ring (bicyclic) bond motifs is 1. The second kappa shape index (κ2) is 9.62. The van der Waals surface area contributed by atoms with Crippen LogP contribution in [0.15, 0.2) is 54.9 Å². The van der Waals surface area contributed by atoms with Crippen LogP contribution >= 0.6 is 0 Å². The normalized spacial score (nSPS) is 14.3. The molecule has 1 aliphatic rings. The summed E-state index contributed by atoms with van der Waals surface area (Å²) in [6, 6.07) is 12.9. The number of para-hydroxylation sites is 1. The number of hydrogen-bond donors (Lipinski definition) is 2. The first kappa shape index (κ1) is 23.8. The van der Waals surface area contributed by atoms with Gasteiger partial charge in [0.15, 0.2) is 0 Å². The molecule has 0 bridgehead atoms. The molecule has 1 aliphatic heterocycles. The quantitative estimate of drug-likeness (QED) is 0.425. The highest BCUT2D eigenvalue weighted by Gasteiger charge is 2.27. The predicted molar refractivity (Wildman–Crippen MR) is 139 cm³/mol. The molecule has 3 heterocycles. The second-order valence-corrected chi connectivity index (χ2v) is 9.29. The lowest BCUT2D eigenvalue weighted by atomic mass is 9.97. The van der Waals surface area contributed by atoms with Crippen molar-refractivity contribution in [2.45, 2.75) is 18.9 Å². The van der Waals surface area contributed by atoms with E-state index in [0.717, 1.165) is 22.3 Å². The average Bonchev–Trinajstić information content (AvgIpc) is 3.31. The Balaban J connectivity index is 1.63. The van der Waals surface area contributed by atoms with E-state index >= 15 is 4.39 Å². The summed E-state index contributed by atoms with van der Waals surface area (Å²) in [5, 5.41) is 10.8. The molecule has 1 saturated heterocycles. The van der Waals surface area contributed by atoms with Crippen LogP contribution in [0, 0.1) is 5.82 Å². The van der Waals surface area contributed by atoms with Gasteiger partial charge in [0, 0.05) is 61.7 Å². The first-order valence-electron chi connectivity index (χ1n) is 12.0. The van der Waals surface area contributed by atoms with Crippen molar-refractivity contribution in [2.24, 2.45) is 0 Å². The molecule has 1 fully saturated rings. The van der Waals surface area contributed by atoms with Gasteiger partial charge in [0.25, 0.3) is 5.91 Å². The number of rotatable bonds is 5. The zero-order valence-electron chi connectivity index (χ0n) is 20.6. The third kappa shape index (κ3) is 4.28. The molecule has 1 amide bonds. The van der Waals surface area contributed by atoms with Gasteiger partial charge < -0.3 is 24.6 Å². The van der Waals surface area contributed by atoms with Gasteiger partial charge in [-0.25, -0.2) is 9.37 Å². The van der Waals surface area contributed by atoms with E-state index in [4.69, 9.17) is 4.74 Å². The summed E-state index contributed by atoms with van der Waals surface area (Å²) in [7, 11) is 4.95. The Kier molecular flexibility index (Phi) is 6.36. The van der Waals surface area contributed by atoms with Crippen LogP contribution in [-0.2, 0) is 0 Å². The number of carbonyl (C=O) groups excluding carboxylic acids is 1. The Morgan fingerprint density at radius 3 is 2.61 bits per heavy atom. The number of H-pyrrole nitrogens is 1. The van der Waals surface area contributed by atoms with E-state index in [-0.39, 0.29) is 11.6 Å². The molecule has 36 heavy (non-hydrogen) atoms.